The molecule has 2 atom stereocenters. The first-order chi connectivity index (χ1) is 14.0. The van der Waals surface area contributed by atoms with Gasteiger partial charge in [0.15, 0.2) is 0 Å². The largest absolute Gasteiger partial charge is 0.489 e. The van der Waals surface area contributed by atoms with Crippen LogP contribution in [0.3, 0.4) is 0 Å². The van der Waals surface area contributed by atoms with Crippen LogP contribution in [0.1, 0.15) is 30.9 Å². The standard InChI is InChI=1S/C24H27NO4/c1-17-15-24(27-3,12-13-28-17)20-8-5-9-21(14-20)29-16-19-7-4-6-18-10-11-22(26)25(2)23(18)19/h4-11,14,17H,12-13,15-16H2,1-3H3/t17-,24+/m0/s1. The van der Waals surface area contributed by atoms with Crippen molar-refractivity contribution < 1.29 is 14.2 Å². The molecule has 0 spiro atoms. The summed E-state index contributed by atoms with van der Waals surface area (Å²) in [6.45, 7) is 3.15. The smallest absolute Gasteiger partial charge is 0.250 e. The number of methoxy groups -OCH3 is 1. The Balaban J connectivity index is 1.61. The lowest BCUT2D eigenvalue weighted by Crippen LogP contribution is -2.39. The number of fused-ring (bicyclic) bond motifs is 1. The van der Waals surface area contributed by atoms with Crippen molar-refractivity contribution in [3.05, 3.63) is 76.1 Å². The zero-order chi connectivity index (χ0) is 20.4. The quantitative estimate of drug-likeness (QED) is 0.653. The van der Waals surface area contributed by atoms with E-state index in [0.29, 0.717) is 13.2 Å². The van der Waals surface area contributed by atoms with Crippen molar-refractivity contribution in [3.8, 4) is 5.75 Å². The molecule has 29 heavy (non-hydrogen) atoms. The van der Waals surface area contributed by atoms with Gasteiger partial charge in [-0.3, -0.25) is 4.79 Å². The van der Waals surface area contributed by atoms with Crippen molar-refractivity contribution in [3.63, 3.8) is 0 Å². The third kappa shape index (κ3) is 3.80. The molecule has 0 saturated carbocycles. The second kappa shape index (κ2) is 8.01. The summed E-state index contributed by atoms with van der Waals surface area (Å²) in [6, 6.07) is 17.6. The van der Waals surface area contributed by atoms with E-state index in [4.69, 9.17) is 14.2 Å². The number of rotatable bonds is 5. The minimum atomic E-state index is -0.347. The predicted molar refractivity (Wildman–Crippen MR) is 113 cm³/mol. The number of pyridine rings is 1. The first kappa shape index (κ1) is 19.7. The highest BCUT2D eigenvalue weighted by Gasteiger charge is 2.37. The van der Waals surface area contributed by atoms with E-state index in [0.717, 1.165) is 40.6 Å². The maximum absolute atomic E-state index is 12.1. The van der Waals surface area contributed by atoms with Gasteiger partial charge in [-0.15, -0.1) is 0 Å². The molecular weight excluding hydrogens is 366 g/mol. The number of hydrogen-bond donors (Lipinski definition) is 0. The van der Waals surface area contributed by atoms with E-state index in [1.54, 1.807) is 24.8 Å². The van der Waals surface area contributed by atoms with Gasteiger partial charge in [0.1, 0.15) is 12.4 Å². The Morgan fingerprint density at radius 1 is 1.17 bits per heavy atom. The van der Waals surface area contributed by atoms with E-state index in [-0.39, 0.29) is 17.3 Å². The monoisotopic (exact) mass is 393 g/mol. The molecule has 2 aromatic carbocycles. The molecule has 0 N–H and O–H groups in total. The van der Waals surface area contributed by atoms with Crippen molar-refractivity contribution in [1.29, 1.82) is 0 Å². The summed E-state index contributed by atoms with van der Waals surface area (Å²) in [6.07, 6.45) is 1.80. The first-order valence-corrected chi connectivity index (χ1v) is 10.0. The van der Waals surface area contributed by atoms with Gasteiger partial charge >= 0.3 is 0 Å². The maximum Gasteiger partial charge on any atom is 0.250 e. The average molecular weight is 393 g/mol. The molecule has 0 bridgehead atoms. The molecule has 1 saturated heterocycles. The van der Waals surface area contributed by atoms with Gasteiger partial charge in [0.2, 0.25) is 0 Å². The number of benzene rings is 2. The van der Waals surface area contributed by atoms with Crippen LogP contribution in [-0.2, 0) is 28.7 Å². The molecule has 0 amide bonds. The van der Waals surface area contributed by atoms with Gasteiger partial charge in [0, 0.05) is 38.6 Å². The summed E-state index contributed by atoms with van der Waals surface area (Å²) in [5.74, 6) is 0.788. The highest BCUT2D eigenvalue weighted by molar-refractivity contribution is 5.82. The molecule has 1 fully saturated rings. The van der Waals surface area contributed by atoms with E-state index >= 15 is 0 Å². The molecule has 1 aliphatic rings. The van der Waals surface area contributed by atoms with Crippen LogP contribution in [0.2, 0.25) is 0 Å². The second-order valence-electron chi connectivity index (χ2n) is 7.74. The summed E-state index contributed by atoms with van der Waals surface area (Å²) >= 11 is 0. The zero-order valence-corrected chi connectivity index (χ0v) is 17.2. The Morgan fingerprint density at radius 2 is 2.00 bits per heavy atom. The third-order valence-electron chi connectivity index (χ3n) is 5.89. The van der Waals surface area contributed by atoms with Gasteiger partial charge in [0.05, 0.1) is 23.8 Å². The SMILES string of the molecule is CO[C@]1(c2cccc(OCc3cccc4ccc(=O)n(C)c34)c2)CCO[C@@H](C)C1. The number of nitrogens with zero attached hydrogens (tertiary/aromatic N) is 1. The van der Waals surface area contributed by atoms with Crippen molar-refractivity contribution in [1.82, 2.24) is 4.57 Å². The van der Waals surface area contributed by atoms with Crippen LogP contribution in [0.25, 0.3) is 10.9 Å². The van der Waals surface area contributed by atoms with Crippen LogP contribution in [0.15, 0.2) is 59.4 Å². The molecule has 5 heteroatoms. The molecule has 0 unspecified atom stereocenters. The minimum absolute atomic E-state index is 0.0254. The molecule has 1 aliphatic heterocycles. The molecule has 2 heterocycles. The van der Waals surface area contributed by atoms with Gasteiger partial charge in [0.25, 0.3) is 5.56 Å². The van der Waals surface area contributed by atoms with Gasteiger partial charge in [-0.2, -0.15) is 0 Å². The summed E-state index contributed by atoms with van der Waals surface area (Å²) in [7, 11) is 3.56. The molecule has 1 aromatic heterocycles. The van der Waals surface area contributed by atoms with Crippen LogP contribution in [0.5, 0.6) is 5.75 Å². The highest BCUT2D eigenvalue weighted by Crippen LogP contribution is 2.39. The van der Waals surface area contributed by atoms with Crippen LogP contribution in [0.4, 0.5) is 0 Å². The Bertz CT molecular complexity index is 1070. The van der Waals surface area contributed by atoms with Crippen molar-refractivity contribution in [2.24, 2.45) is 7.05 Å². The molecular formula is C24H27NO4. The van der Waals surface area contributed by atoms with Gasteiger partial charge in [-0.1, -0.05) is 30.3 Å². The average Bonchev–Trinajstić information content (AvgIpc) is 2.75. The number of hydrogen-bond acceptors (Lipinski definition) is 4. The zero-order valence-electron chi connectivity index (χ0n) is 17.2. The summed E-state index contributed by atoms with van der Waals surface area (Å²) < 4.78 is 19.5. The van der Waals surface area contributed by atoms with E-state index < -0.39 is 0 Å². The summed E-state index contributed by atoms with van der Waals surface area (Å²) in [5, 5.41) is 1.02. The topological polar surface area (TPSA) is 49.7 Å². The number of aryl methyl sites for hydroxylation is 1. The summed E-state index contributed by atoms with van der Waals surface area (Å²) in [4.78, 5) is 12.1. The fourth-order valence-electron chi connectivity index (χ4n) is 4.30. The Morgan fingerprint density at radius 3 is 2.79 bits per heavy atom. The van der Waals surface area contributed by atoms with Gasteiger partial charge < -0.3 is 18.8 Å². The van der Waals surface area contributed by atoms with Crippen molar-refractivity contribution in [2.75, 3.05) is 13.7 Å². The van der Waals surface area contributed by atoms with E-state index in [1.165, 1.54) is 0 Å². The molecule has 0 radical (unpaired) electrons. The van der Waals surface area contributed by atoms with Crippen molar-refractivity contribution >= 4 is 10.9 Å². The van der Waals surface area contributed by atoms with Crippen LogP contribution >= 0.6 is 0 Å². The predicted octanol–water partition coefficient (Wildman–Crippen LogP) is 4.16. The number of ether oxygens (including phenoxy) is 3. The van der Waals surface area contributed by atoms with Crippen LogP contribution < -0.4 is 10.3 Å². The van der Waals surface area contributed by atoms with E-state index in [1.807, 2.05) is 36.4 Å². The number of para-hydroxylation sites is 1. The Hall–Kier alpha value is -2.63. The van der Waals surface area contributed by atoms with Crippen molar-refractivity contribution in [2.45, 2.75) is 38.1 Å². The van der Waals surface area contributed by atoms with E-state index in [2.05, 4.69) is 19.1 Å². The minimum Gasteiger partial charge on any atom is -0.489 e. The molecule has 3 aromatic rings. The molecule has 4 rings (SSSR count). The van der Waals surface area contributed by atoms with Crippen LogP contribution in [-0.4, -0.2) is 24.4 Å². The summed E-state index contributed by atoms with van der Waals surface area (Å²) in [5.41, 5.74) is 2.62. The normalized spacial score (nSPS) is 22.0. The van der Waals surface area contributed by atoms with E-state index in [9.17, 15) is 4.79 Å². The van der Waals surface area contributed by atoms with Crippen LogP contribution in [0, 0.1) is 0 Å². The molecule has 5 nitrogen and oxygen atoms in total. The van der Waals surface area contributed by atoms with Gasteiger partial charge in [-0.05, 0) is 36.1 Å². The number of aromatic nitrogens is 1. The lowest BCUT2D eigenvalue weighted by atomic mass is 9.83. The second-order valence-corrected chi connectivity index (χ2v) is 7.74. The lowest BCUT2D eigenvalue weighted by molar-refractivity contribution is -0.122. The maximum atomic E-state index is 12.1. The Kier molecular flexibility index (Phi) is 5.43. The third-order valence-corrected chi connectivity index (χ3v) is 5.89. The fourth-order valence-corrected chi connectivity index (χ4v) is 4.30. The lowest BCUT2D eigenvalue weighted by Gasteiger charge is -2.39. The van der Waals surface area contributed by atoms with Gasteiger partial charge in [-0.25, -0.2) is 0 Å². The first-order valence-electron chi connectivity index (χ1n) is 10.0. The Labute approximate surface area is 170 Å². The molecule has 152 valence electrons. The molecule has 0 aliphatic carbocycles. The highest BCUT2D eigenvalue weighted by atomic mass is 16.5. The fraction of sp³-hybridized carbons (Fsp3) is 0.375.